The van der Waals surface area contributed by atoms with Crippen molar-refractivity contribution in [2.45, 2.75) is 32.6 Å². The summed E-state index contributed by atoms with van der Waals surface area (Å²) in [5.74, 6) is 0.377. The van der Waals surface area contributed by atoms with Gasteiger partial charge in [-0.15, -0.1) is 0 Å². The van der Waals surface area contributed by atoms with E-state index >= 15 is 0 Å². The fourth-order valence-corrected chi connectivity index (χ4v) is 1.40. The van der Waals surface area contributed by atoms with Gasteiger partial charge in [0.25, 0.3) is 0 Å². The maximum Gasteiger partial charge on any atom is 0.511 e. The normalized spacial score (nSPS) is 9.93. The van der Waals surface area contributed by atoms with Crippen molar-refractivity contribution in [2.75, 3.05) is 0 Å². The lowest BCUT2D eigenvalue weighted by Gasteiger charge is -2.02. The Morgan fingerprint density at radius 1 is 1.27 bits per heavy atom. The number of ether oxygens (including phenoxy) is 1. The minimum absolute atomic E-state index is 0.377. The molecule has 15 heavy (non-hydrogen) atoms. The van der Waals surface area contributed by atoms with E-state index in [2.05, 4.69) is 11.7 Å². The monoisotopic (exact) mass is 208 g/mol. The van der Waals surface area contributed by atoms with Crippen LogP contribution < -0.4 is 4.74 Å². The molecule has 0 atom stereocenters. The quantitative estimate of drug-likeness (QED) is 0.458. The van der Waals surface area contributed by atoms with Crippen LogP contribution in [0, 0.1) is 0 Å². The molecule has 82 valence electrons. The lowest BCUT2D eigenvalue weighted by atomic mass is 10.1. The van der Waals surface area contributed by atoms with Gasteiger partial charge in [0, 0.05) is 0 Å². The van der Waals surface area contributed by atoms with E-state index in [1.807, 2.05) is 12.1 Å². The first-order chi connectivity index (χ1) is 7.22. The molecule has 3 nitrogen and oxygen atoms in total. The zero-order valence-electron chi connectivity index (χ0n) is 8.90. The topological polar surface area (TPSA) is 46.5 Å². The maximum absolute atomic E-state index is 10.2. The van der Waals surface area contributed by atoms with Crippen molar-refractivity contribution >= 4 is 6.16 Å². The van der Waals surface area contributed by atoms with Gasteiger partial charge < -0.3 is 9.84 Å². The molecule has 0 aliphatic carbocycles. The van der Waals surface area contributed by atoms with Crippen molar-refractivity contribution in [2.24, 2.45) is 0 Å². The Labute approximate surface area is 89.7 Å². The fraction of sp³-hybridized carbons (Fsp3) is 0.417. The summed E-state index contributed by atoms with van der Waals surface area (Å²) in [6.07, 6.45) is 3.39. The van der Waals surface area contributed by atoms with Crippen LogP contribution in [-0.2, 0) is 6.42 Å². The van der Waals surface area contributed by atoms with Gasteiger partial charge in [0.1, 0.15) is 5.75 Å². The lowest BCUT2D eigenvalue weighted by molar-refractivity contribution is 0.144. The van der Waals surface area contributed by atoms with E-state index in [9.17, 15) is 4.79 Å². The summed E-state index contributed by atoms with van der Waals surface area (Å²) >= 11 is 0. The Morgan fingerprint density at radius 2 is 1.93 bits per heavy atom. The van der Waals surface area contributed by atoms with Crippen LogP contribution in [0.15, 0.2) is 24.3 Å². The van der Waals surface area contributed by atoms with E-state index in [0.717, 1.165) is 6.42 Å². The van der Waals surface area contributed by atoms with E-state index in [1.165, 1.54) is 24.8 Å². The Balaban J connectivity index is 2.45. The maximum atomic E-state index is 10.2. The largest absolute Gasteiger partial charge is 0.511 e. The van der Waals surface area contributed by atoms with E-state index in [0.29, 0.717) is 5.75 Å². The zero-order chi connectivity index (χ0) is 11.1. The molecule has 1 N–H and O–H groups in total. The number of hydrogen-bond donors (Lipinski definition) is 1. The second-order valence-corrected chi connectivity index (χ2v) is 3.47. The lowest BCUT2D eigenvalue weighted by Crippen LogP contribution is -2.02. The summed E-state index contributed by atoms with van der Waals surface area (Å²) in [7, 11) is 0. The summed E-state index contributed by atoms with van der Waals surface area (Å²) in [5.41, 5.74) is 1.22. The van der Waals surface area contributed by atoms with Crippen LogP contribution in [0.2, 0.25) is 0 Å². The Bertz CT molecular complexity index is 303. The van der Waals surface area contributed by atoms with Crippen molar-refractivity contribution < 1.29 is 14.6 Å². The van der Waals surface area contributed by atoms with Gasteiger partial charge in [-0.1, -0.05) is 31.9 Å². The van der Waals surface area contributed by atoms with Gasteiger partial charge in [-0.25, -0.2) is 4.79 Å². The molecule has 1 aromatic rings. The van der Waals surface area contributed by atoms with E-state index in [4.69, 9.17) is 5.11 Å². The van der Waals surface area contributed by atoms with E-state index in [1.54, 1.807) is 12.1 Å². The summed E-state index contributed by atoms with van der Waals surface area (Å²) in [6, 6.07) is 7.20. The average Bonchev–Trinajstić information content (AvgIpc) is 2.20. The van der Waals surface area contributed by atoms with Crippen LogP contribution in [0.3, 0.4) is 0 Å². The number of carbonyl (C=O) groups is 1. The smallest absolute Gasteiger partial charge is 0.449 e. The van der Waals surface area contributed by atoms with Gasteiger partial charge in [-0.05, 0) is 30.5 Å². The van der Waals surface area contributed by atoms with Crippen molar-refractivity contribution in [1.82, 2.24) is 0 Å². The molecule has 0 amide bonds. The van der Waals surface area contributed by atoms with E-state index < -0.39 is 6.16 Å². The molecule has 0 aliphatic heterocycles. The van der Waals surface area contributed by atoms with Crippen LogP contribution in [0.4, 0.5) is 4.79 Å². The van der Waals surface area contributed by atoms with Crippen LogP contribution in [0.5, 0.6) is 5.75 Å². The third-order valence-corrected chi connectivity index (χ3v) is 2.20. The molecule has 0 unspecified atom stereocenters. The minimum atomic E-state index is -1.27. The van der Waals surface area contributed by atoms with Gasteiger partial charge in [0.05, 0.1) is 0 Å². The highest BCUT2D eigenvalue weighted by Gasteiger charge is 2.00. The van der Waals surface area contributed by atoms with E-state index in [-0.39, 0.29) is 0 Å². The van der Waals surface area contributed by atoms with Crippen molar-refractivity contribution in [3.8, 4) is 5.75 Å². The molecule has 0 aromatic heterocycles. The molecular formula is C12H16O3. The molecule has 1 aromatic carbocycles. The standard InChI is InChI=1S/C12H16O3/c1-2-3-4-5-10-6-8-11(9-7-10)15-12(13)14/h6-9H,2-5H2,1H3,(H,13,14). The second-order valence-electron chi connectivity index (χ2n) is 3.47. The van der Waals surface area contributed by atoms with Gasteiger partial charge in [0.2, 0.25) is 0 Å². The highest BCUT2D eigenvalue weighted by atomic mass is 16.7. The third-order valence-electron chi connectivity index (χ3n) is 2.20. The predicted molar refractivity (Wildman–Crippen MR) is 58.3 cm³/mol. The highest BCUT2D eigenvalue weighted by Crippen LogP contribution is 2.14. The van der Waals surface area contributed by atoms with Crippen LogP contribution >= 0.6 is 0 Å². The van der Waals surface area contributed by atoms with Crippen LogP contribution in [-0.4, -0.2) is 11.3 Å². The Kier molecular flexibility index (Phi) is 4.68. The van der Waals surface area contributed by atoms with Crippen LogP contribution in [0.25, 0.3) is 0 Å². The Hall–Kier alpha value is -1.51. The molecule has 0 saturated heterocycles. The van der Waals surface area contributed by atoms with Gasteiger partial charge in [-0.2, -0.15) is 0 Å². The molecule has 0 heterocycles. The third kappa shape index (κ3) is 4.49. The second kappa shape index (κ2) is 6.06. The summed E-state index contributed by atoms with van der Waals surface area (Å²) in [6.45, 7) is 2.17. The molecule has 0 radical (unpaired) electrons. The summed E-state index contributed by atoms with van der Waals surface area (Å²) in [5, 5.41) is 8.39. The predicted octanol–water partition coefficient (Wildman–Crippen LogP) is 3.48. The molecule has 0 saturated carbocycles. The van der Waals surface area contributed by atoms with Gasteiger partial charge in [0.15, 0.2) is 0 Å². The molecule has 3 heteroatoms. The van der Waals surface area contributed by atoms with Crippen molar-refractivity contribution in [3.05, 3.63) is 29.8 Å². The van der Waals surface area contributed by atoms with Crippen molar-refractivity contribution in [1.29, 1.82) is 0 Å². The number of aryl methyl sites for hydroxylation is 1. The number of rotatable bonds is 5. The van der Waals surface area contributed by atoms with Crippen molar-refractivity contribution in [3.63, 3.8) is 0 Å². The molecular weight excluding hydrogens is 192 g/mol. The highest BCUT2D eigenvalue weighted by molar-refractivity contribution is 5.61. The summed E-state index contributed by atoms with van der Waals surface area (Å²) < 4.78 is 4.51. The molecule has 0 fully saturated rings. The molecule has 0 spiro atoms. The number of carboxylic acid groups (broad SMARTS) is 1. The molecule has 0 bridgehead atoms. The zero-order valence-corrected chi connectivity index (χ0v) is 8.90. The molecule has 0 aliphatic rings. The molecule has 1 rings (SSSR count). The van der Waals surface area contributed by atoms with Gasteiger partial charge >= 0.3 is 6.16 Å². The first-order valence-corrected chi connectivity index (χ1v) is 5.22. The minimum Gasteiger partial charge on any atom is -0.449 e. The number of hydrogen-bond acceptors (Lipinski definition) is 2. The fourth-order valence-electron chi connectivity index (χ4n) is 1.40. The first-order valence-electron chi connectivity index (χ1n) is 5.22. The Morgan fingerprint density at radius 3 is 2.47 bits per heavy atom. The SMILES string of the molecule is CCCCCc1ccc(OC(=O)O)cc1. The van der Waals surface area contributed by atoms with Gasteiger partial charge in [-0.3, -0.25) is 0 Å². The number of benzene rings is 1. The van der Waals surface area contributed by atoms with Crippen LogP contribution in [0.1, 0.15) is 31.7 Å². The first kappa shape index (κ1) is 11.6. The summed E-state index contributed by atoms with van der Waals surface area (Å²) in [4.78, 5) is 10.2. The average molecular weight is 208 g/mol. The number of unbranched alkanes of at least 4 members (excludes halogenated alkanes) is 2.